The van der Waals surface area contributed by atoms with Crippen molar-refractivity contribution in [3.05, 3.63) is 222 Å². The van der Waals surface area contributed by atoms with Crippen LogP contribution in [-0.2, 0) is 5.41 Å². The summed E-state index contributed by atoms with van der Waals surface area (Å²) in [6.45, 7) is 11.4. The Morgan fingerprint density at radius 3 is 1.61 bits per heavy atom. The van der Waals surface area contributed by atoms with Gasteiger partial charge in [-0.15, -0.1) is 0 Å². The van der Waals surface area contributed by atoms with Crippen LogP contribution >= 0.6 is 0 Å². The summed E-state index contributed by atoms with van der Waals surface area (Å²) in [4.78, 5) is 2.44. The summed E-state index contributed by atoms with van der Waals surface area (Å²) in [6.07, 6.45) is 0. The second-order valence-electron chi connectivity index (χ2n) is 17.4. The zero-order valence-corrected chi connectivity index (χ0v) is 35.8. The molecule has 10 aromatic rings. The minimum Gasteiger partial charge on any atom is -0.456 e. The third kappa shape index (κ3) is 6.09. The largest absolute Gasteiger partial charge is 0.456 e. The van der Waals surface area contributed by atoms with Gasteiger partial charge in [-0.3, -0.25) is 0 Å². The third-order valence-electron chi connectivity index (χ3n) is 13.4. The van der Waals surface area contributed by atoms with Gasteiger partial charge in [0.05, 0.1) is 5.69 Å². The zero-order chi connectivity index (χ0) is 42.1. The molecule has 0 atom stereocenters. The molecular formula is C60H47NO. The summed E-state index contributed by atoms with van der Waals surface area (Å²) in [6, 6.07) is 71.1. The van der Waals surface area contributed by atoms with Crippen LogP contribution in [0.3, 0.4) is 0 Å². The number of fused-ring (bicyclic) bond motifs is 6. The monoisotopic (exact) mass is 797 g/mol. The van der Waals surface area contributed by atoms with Crippen molar-refractivity contribution in [2.24, 2.45) is 0 Å². The predicted octanol–water partition coefficient (Wildman–Crippen LogP) is 17.0. The maximum absolute atomic E-state index is 6.17. The highest BCUT2D eigenvalue weighted by atomic mass is 16.3. The highest BCUT2D eigenvalue weighted by Gasteiger charge is 2.35. The van der Waals surface area contributed by atoms with Crippen LogP contribution in [0.4, 0.5) is 17.1 Å². The second kappa shape index (κ2) is 14.6. The van der Waals surface area contributed by atoms with Crippen molar-refractivity contribution in [1.82, 2.24) is 0 Å². The number of benzene rings is 9. The van der Waals surface area contributed by atoms with Crippen molar-refractivity contribution >= 4 is 39.0 Å². The van der Waals surface area contributed by atoms with Gasteiger partial charge in [-0.1, -0.05) is 153 Å². The Labute approximate surface area is 364 Å². The first kappa shape index (κ1) is 37.6. The Kier molecular flexibility index (Phi) is 8.87. The van der Waals surface area contributed by atoms with Crippen molar-refractivity contribution in [2.75, 3.05) is 4.90 Å². The van der Waals surface area contributed by atoms with Gasteiger partial charge in [0.1, 0.15) is 11.2 Å². The molecule has 1 aromatic heterocycles. The van der Waals surface area contributed by atoms with Crippen LogP contribution in [0.5, 0.6) is 0 Å². The zero-order valence-electron chi connectivity index (χ0n) is 35.8. The number of para-hydroxylation sites is 1. The number of rotatable bonds is 7. The first-order valence-electron chi connectivity index (χ1n) is 21.7. The van der Waals surface area contributed by atoms with Crippen LogP contribution in [0.25, 0.3) is 77.6 Å². The van der Waals surface area contributed by atoms with Crippen molar-refractivity contribution < 1.29 is 4.42 Å². The molecular weight excluding hydrogens is 751 g/mol. The van der Waals surface area contributed by atoms with Crippen LogP contribution in [-0.4, -0.2) is 0 Å². The van der Waals surface area contributed by atoms with Crippen molar-refractivity contribution in [1.29, 1.82) is 0 Å². The van der Waals surface area contributed by atoms with E-state index >= 15 is 0 Å². The van der Waals surface area contributed by atoms with Gasteiger partial charge in [-0.05, 0) is 153 Å². The maximum atomic E-state index is 6.17. The van der Waals surface area contributed by atoms with E-state index in [-0.39, 0.29) is 5.41 Å². The molecule has 0 N–H and O–H groups in total. The number of hydrogen-bond donors (Lipinski definition) is 0. The van der Waals surface area contributed by atoms with E-state index < -0.39 is 0 Å². The van der Waals surface area contributed by atoms with Crippen LogP contribution in [0, 0.1) is 20.8 Å². The predicted molar refractivity (Wildman–Crippen MR) is 262 cm³/mol. The summed E-state index contributed by atoms with van der Waals surface area (Å²) in [7, 11) is 0. The Bertz CT molecular complexity index is 3350. The molecule has 1 aliphatic rings. The van der Waals surface area contributed by atoms with E-state index in [1.54, 1.807) is 0 Å². The molecule has 1 heterocycles. The fourth-order valence-corrected chi connectivity index (χ4v) is 10.1. The first-order valence-corrected chi connectivity index (χ1v) is 21.7. The molecule has 0 bridgehead atoms. The van der Waals surface area contributed by atoms with Gasteiger partial charge in [0, 0.05) is 33.1 Å². The highest BCUT2D eigenvalue weighted by molar-refractivity contribution is 6.06. The molecule has 11 rings (SSSR count). The Morgan fingerprint density at radius 1 is 0.387 bits per heavy atom. The number of anilines is 3. The molecule has 1 aliphatic carbocycles. The van der Waals surface area contributed by atoms with Crippen LogP contribution in [0.1, 0.15) is 41.7 Å². The molecule has 0 aliphatic heterocycles. The Hall–Kier alpha value is -7.42. The lowest BCUT2D eigenvalue weighted by atomic mass is 9.82. The van der Waals surface area contributed by atoms with Gasteiger partial charge >= 0.3 is 0 Å². The molecule has 0 fully saturated rings. The molecule has 0 amide bonds. The summed E-state index contributed by atoms with van der Waals surface area (Å²) in [5.74, 6) is 0. The van der Waals surface area contributed by atoms with E-state index in [2.05, 4.69) is 222 Å². The number of nitrogens with zero attached hydrogens (tertiary/aromatic N) is 1. The van der Waals surface area contributed by atoms with Gasteiger partial charge in [0.25, 0.3) is 0 Å². The van der Waals surface area contributed by atoms with Crippen LogP contribution < -0.4 is 4.90 Å². The minimum atomic E-state index is -0.0214. The molecule has 0 radical (unpaired) electrons. The second-order valence-corrected chi connectivity index (χ2v) is 17.4. The quantitative estimate of drug-likeness (QED) is 0.160. The fraction of sp³-hybridized carbons (Fsp3) is 0.100. The van der Waals surface area contributed by atoms with Crippen molar-refractivity contribution in [2.45, 2.75) is 40.0 Å². The highest BCUT2D eigenvalue weighted by Crippen LogP contribution is 2.50. The average Bonchev–Trinajstić information content (AvgIpc) is 3.79. The van der Waals surface area contributed by atoms with E-state index in [0.717, 1.165) is 50.1 Å². The maximum Gasteiger partial charge on any atom is 0.135 e. The van der Waals surface area contributed by atoms with E-state index in [4.69, 9.17) is 4.42 Å². The van der Waals surface area contributed by atoms with Gasteiger partial charge in [-0.2, -0.15) is 0 Å². The lowest BCUT2D eigenvalue weighted by Crippen LogP contribution is -2.14. The molecule has 62 heavy (non-hydrogen) atoms. The SMILES string of the molecule is Cc1ccccc1-c1ccc(N(c2ccc(-c3ccc4c(c3)-c3ccccc3C4(C)C)cc2)c2ccc(-c3ccc4oc5ccccc5c4c3)cc2)c(-c2ccccc2C)c1C. The molecule has 298 valence electrons. The van der Waals surface area contributed by atoms with E-state index in [1.165, 1.54) is 72.3 Å². The van der Waals surface area contributed by atoms with E-state index in [0.29, 0.717) is 0 Å². The standard InChI is InChI=1S/C60H47NO/c1-38-14-6-8-16-47(38)49-32-34-56(59(40(49)3)48-17-9-7-15-39(48)2)61(46-30-24-42(25-31-46)44-27-35-58-53(37-44)51-19-11-13-21-57(51)62-58)45-28-22-41(23-29-45)43-26-33-55-52(36-43)50-18-10-12-20-54(50)60(55,4)5/h6-37H,1-5H3. The lowest BCUT2D eigenvalue weighted by molar-refractivity contribution is 0.660. The van der Waals surface area contributed by atoms with E-state index in [1.807, 2.05) is 12.1 Å². The van der Waals surface area contributed by atoms with Crippen LogP contribution in [0.2, 0.25) is 0 Å². The molecule has 0 saturated heterocycles. The minimum absolute atomic E-state index is 0.0214. The summed E-state index contributed by atoms with van der Waals surface area (Å²) < 4.78 is 6.17. The number of furan rings is 1. The van der Waals surface area contributed by atoms with Crippen molar-refractivity contribution in [3.63, 3.8) is 0 Å². The molecule has 0 unspecified atom stereocenters. The molecule has 0 spiro atoms. The first-order chi connectivity index (χ1) is 30.2. The van der Waals surface area contributed by atoms with Crippen molar-refractivity contribution in [3.8, 4) is 55.6 Å². The van der Waals surface area contributed by atoms with Gasteiger partial charge in [-0.25, -0.2) is 0 Å². The fourth-order valence-electron chi connectivity index (χ4n) is 10.1. The van der Waals surface area contributed by atoms with Gasteiger partial charge < -0.3 is 9.32 Å². The number of aryl methyl sites for hydroxylation is 2. The summed E-state index contributed by atoms with van der Waals surface area (Å²) in [5.41, 5.74) is 24.0. The lowest BCUT2D eigenvalue weighted by Gasteiger charge is -2.30. The molecule has 9 aromatic carbocycles. The Morgan fingerprint density at radius 2 is 0.919 bits per heavy atom. The smallest absolute Gasteiger partial charge is 0.135 e. The van der Waals surface area contributed by atoms with Gasteiger partial charge in [0.15, 0.2) is 0 Å². The topological polar surface area (TPSA) is 16.4 Å². The Balaban J connectivity index is 1.06. The van der Waals surface area contributed by atoms with Crippen LogP contribution in [0.15, 0.2) is 199 Å². The summed E-state index contributed by atoms with van der Waals surface area (Å²) >= 11 is 0. The molecule has 2 nitrogen and oxygen atoms in total. The normalized spacial score (nSPS) is 12.7. The average molecular weight is 798 g/mol. The molecule has 0 saturated carbocycles. The third-order valence-corrected chi connectivity index (χ3v) is 13.4. The number of hydrogen-bond acceptors (Lipinski definition) is 2. The van der Waals surface area contributed by atoms with E-state index in [9.17, 15) is 0 Å². The summed E-state index contributed by atoms with van der Waals surface area (Å²) in [5, 5.41) is 2.27. The van der Waals surface area contributed by atoms with Gasteiger partial charge in [0.2, 0.25) is 0 Å². The molecule has 2 heteroatoms.